The first kappa shape index (κ1) is 70.6. The predicted octanol–water partition coefficient (Wildman–Crippen LogP) is 32.7. The van der Waals surface area contributed by atoms with Gasteiger partial charge in [-0.05, 0) is 265 Å². The standard InChI is InChI=1S/2C60H38N2/c1-2-14-39(15-3-1)41-17-12-19-45(34-41)61-57-26-10-8-24-51(57)55-36-42(29-32-59(55)61)43-30-33-60-56(37-43)52-25-9-11-27-58(52)62(60)46-20-13-18-44(35-46)53-38-54-47-21-5-4-16-40(47)28-31-50(54)48-22-6-7-23-49(48)53;1-2-13-39(14-3-1)42-16-12-17-46(35-42)62-58-24-11-9-22-52(58)56-37-44(29-34-60(56)62)43-28-33-59-55(36-43)51-21-8-10-23-57(51)61(59)45-30-25-41(26-31-45)53-38-54-47-18-5-4-15-40(47)27-32-50(54)48-19-6-7-20-49(48)53/h2*1-38H. The van der Waals surface area contributed by atoms with E-state index in [2.05, 4.69) is 479 Å². The van der Waals surface area contributed by atoms with Crippen LogP contribution in [0.4, 0.5) is 0 Å². The van der Waals surface area contributed by atoms with E-state index in [1.54, 1.807) is 0 Å². The largest absolute Gasteiger partial charge is 0.309 e. The van der Waals surface area contributed by atoms with Crippen molar-refractivity contribution in [2.75, 3.05) is 0 Å². The number of aromatic nitrogens is 4. The summed E-state index contributed by atoms with van der Waals surface area (Å²) in [7, 11) is 0. The molecule has 0 spiro atoms. The summed E-state index contributed by atoms with van der Waals surface area (Å²) in [5, 5.41) is 25.3. The average molecular weight is 1570 g/mol. The molecule has 0 N–H and O–H groups in total. The molecule has 576 valence electrons. The summed E-state index contributed by atoms with van der Waals surface area (Å²) in [4.78, 5) is 0. The number of benzene rings is 22. The van der Waals surface area contributed by atoms with Gasteiger partial charge in [0.25, 0.3) is 0 Å². The molecular formula is C120H76N4. The van der Waals surface area contributed by atoms with E-state index >= 15 is 0 Å². The second kappa shape index (κ2) is 28.7. The van der Waals surface area contributed by atoms with E-state index < -0.39 is 0 Å². The first-order valence-electron chi connectivity index (χ1n) is 42.8. The number of nitrogens with zero attached hydrogens (tertiary/aromatic N) is 4. The van der Waals surface area contributed by atoms with Crippen LogP contribution in [0.5, 0.6) is 0 Å². The Morgan fingerprint density at radius 1 is 0.105 bits per heavy atom. The van der Waals surface area contributed by atoms with E-state index in [9.17, 15) is 0 Å². The minimum Gasteiger partial charge on any atom is -0.309 e. The smallest absolute Gasteiger partial charge is 0.0541 e. The molecule has 26 rings (SSSR count). The summed E-state index contributed by atoms with van der Waals surface area (Å²) < 4.78 is 9.68. The molecule has 0 atom stereocenters. The Kier molecular flexibility index (Phi) is 16.3. The number of fused-ring (bicyclic) bond motifs is 22. The second-order valence-electron chi connectivity index (χ2n) is 33.0. The van der Waals surface area contributed by atoms with Crippen LogP contribution in [0.3, 0.4) is 0 Å². The van der Waals surface area contributed by atoms with Crippen molar-refractivity contribution in [3.05, 3.63) is 461 Å². The van der Waals surface area contributed by atoms with Gasteiger partial charge in [0.05, 0.1) is 44.1 Å². The number of rotatable bonds is 10. The van der Waals surface area contributed by atoms with Crippen molar-refractivity contribution in [3.8, 4) is 89.5 Å². The van der Waals surface area contributed by atoms with Gasteiger partial charge in [-0.2, -0.15) is 0 Å². The van der Waals surface area contributed by atoms with Gasteiger partial charge < -0.3 is 18.3 Å². The molecule has 124 heavy (non-hydrogen) atoms. The first-order chi connectivity index (χ1) is 61.5. The van der Waals surface area contributed by atoms with Crippen LogP contribution in [0.15, 0.2) is 461 Å². The Balaban J connectivity index is 0.000000136. The van der Waals surface area contributed by atoms with Gasteiger partial charge in [-0.1, -0.05) is 328 Å². The molecule has 0 radical (unpaired) electrons. The summed E-state index contributed by atoms with van der Waals surface area (Å²) in [6.07, 6.45) is 0. The van der Waals surface area contributed by atoms with Gasteiger partial charge >= 0.3 is 0 Å². The molecule has 22 aromatic carbocycles. The number of para-hydroxylation sites is 4. The Hall–Kier alpha value is -16.4. The Morgan fingerprint density at radius 3 is 0.742 bits per heavy atom. The quantitative estimate of drug-likeness (QED) is 0.122. The lowest BCUT2D eigenvalue weighted by atomic mass is 9.91. The lowest BCUT2D eigenvalue weighted by Gasteiger charge is -2.15. The fourth-order valence-electron chi connectivity index (χ4n) is 20.4. The molecule has 4 heteroatoms. The molecule has 0 fully saturated rings. The number of hydrogen-bond acceptors (Lipinski definition) is 0. The Morgan fingerprint density at radius 2 is 0.363 bits per heavy atom. The Labute approximate surface area is 715 Å². The highest BCUT2D eigenvalue weighted by molar-refractivity contribution is 6.24. The zero-order valence-corrected chi connectivity index (χ0v) is 67.7. The highest BCUT2D eigenvalue weighted by Gasteiger charge is 2.23. The monoisotopic (exact) mass is 1570 g/mol. The van der Waals surface area contributed by atoms with Crippen LogP contribution in [-0.2, 0) is 0 Å². The van der Waals surface area contributed by atoms with Gasteiger partial charge in [-0.3, -0.25) is 0 Å². The second-order valence-corrected chi connectivity index (χ2v) is 33.0. The van der Waals surface area contributed by atoms with Crippen LogP contribution in [0.1, 0.15) is 0 Å². The molecule has 0 aliphatic heterocycles. The normalized spacial score (nSPS) is 11.9. The van der Waals surface area contributed by atoms with E-state index in [0.29, 0.717) is 0 Å². The van der Waals surface area contributed by atoms with Crippen LogP contribution in [0.2, 0.25) is 0 Å². The third-order valence-corrected chi connectivity index (χ3v) is 26.2. The zero-order valence-electron chi connectivity index (χ0n) is 67.7. The molecule has 0 saturated heterocycles. The van der Waals surface area contributed by atoms with Crippen molar-refractivity contribution < 1.29 is 0 Å². The van der Waals surface area contributed by atoms with Gasteiger partial charge in [-0.25, -0.2) is 0 Å². The molecule has 26 aromatic rings. The summed E-state index contributed by atoms with van der Waals surface area (Å²) >= 11 is 0. The van der Waals surface area contributed by atoms with Crippen molar-refractivity contribution in [3.63, 3.8) is 0 Å². The van der Waals surface area contributed by atoms with E-state index in [4.69, 9.17) is 0 Å². The molecule has 4 nitrogen and oxygen atoms in total. The average Bonchev–Trinajstić information content (AvgIpc) is 1.32. The SMILES string of the molecule is c1ccc(-c2cccc(-n3c4ccccc4c4cc(-c5ccc6c(c5)c5ccccc5n6-c5ccc(-c6cc7c8ccccc8ccc7c7ccccc67)cc5)ccc43)c2)cc1.c1ccc(-c2cccc(-n3c4ccccc4c4cc(-c5ccc6c(c5)c5ccccc5n6-c5cccc(-c6cc7c8ccccc8ccc7c7ccccc67)c5)ccc43)c2)cc1. The third-order valence-electron chi connectivity index (χ3n) is 26.2. The molecular weight excluding hydrogens is 1500 g/mol. The van der Waals surface area contributed by atoms with E-state index in [0.717, 1.165) is 22.7 Å². The molecule has 0 bridgehead atoms. The first-order valence-corrected chi connectivity index (χ1v) is 42.8. The maximum atomic E-state index is 2.44. The van der Waals surface area contributed by atoms with Crippen LogP contribution >= 0.6 is 0 Å². The Bertz CT molecular complexity index is 8860. The summed E-state index contributed by atoms with van der Waals surface area (Å²) in [6, 6.07) is 170. The maximum absolute atomic E-state index is 2.44. The summed E-state index contributed by atoms with van der Waals surface area (Å²) in [5.41, 5.74) is 28.8. The summed E-state index contributed by atoms with van der Waals surface area (Å²) in [6.45, 7) is 0. The van der Waals surface area contributed by atoms with Crippen LogP contribution in [0.25, 0.3) is 241 Å². The van der Waals surface area contributed by atoms with Gasteiger partial charge in [-0.15, -0.1) is 0 Å². The fourth-order valence-corrected chi connectivity index (χ4v) is 20.4. The van der Waals surface area contributed by atoms with Crippen molar-refractivity contribution in [1.29, 1.82) is 0 Å². The summed E-state index contributed by atoms with van der Waals surface area (Å²) in [5.74, 6) is 0. The lowest BCUT2D eigenvalue weighted by molar-refractivity contribution is 1.18. The van der Waals surface area contributed by atoms with Crippen LogP contribution in [-0.4, -0.2) is 18.3 Å². The number of hydrogen-bond donors (Lipinski definition) is 0. The van der Waals surface area contributed by atoms with Gasteiger partial charge in [0.2, 0.25) is 0 Å². The predicted molar refractivity (Wildman–Crippen MR) is 528 cm³/mol. The molecule has 0 aliphatic carbocycles. The van der Waals surface area contributed by atoms with E-state index in [1.165, 1.54) is 219 Å². The molecule has 0 aliphatic rings. The highest BCUT2D eigenvalue weighted by atomic mass is 15.0. The molecule has 4 aromatic heterocycles. The van der Waals surface area contributed by atoms with Gasteiger partial charge in [0.15, 0.2) is 0 Å². The topological polar surface area (TPSA) is 19.7 Å². The zero-order chi connectivity index (χ0) is 81.5. The van der Waals surface area contributed by atoms with Crippen molar-refractivity contribution >= 4 is 152 Å². The fraction of sp³-hybridized carbons (Fsp3) is 0. The minimum absolute atomic E-state index is 1.15. The third kappa shape index (κ3) is 11.5. The molecule has 0 unspecified atom stereocenters. The molecule has 0 amide bonds. The van der Waals surface area contributed by atoms with E-state index in [1.807, 2.05) is 0 Å². The van der Waals surface area contributed by atoms with Crippen molar-refractivity contribution in [2.24, 2.45) is 0 Å². The minimum atomic E-state index is 1.15. The van der Waals surface area contributed by atoms with E-state index in [-0.39, 0.29) is 0 Å². The highest BCUT2D eigenvalue weighted by Crippen LogP contribution is 2.46. The van der Waals surface area contributed by atoms with Crippen molar-refractivity contribution in [1.82, 2.24) is 18.3 Å². The maximum Gasteiger partial charge on any atom is 0.0541 e. The molecule has 4 heterocycles. The van der Waals surface area contributed by atoms with Gasteiger partial charge in [0, 0.05) is 65.8 Å². The molecule has 0 saturated carbocycles. The van der Waals surface area contributed by atoms with Crippen LogP contribution in [0, 0.1) is 0 Å². The van der Waals surface area contributed by atoms with Crippen molar-refractivity contribution in [2.45, 2.75) is 0 Å². The van der Waals surface area contributed by atoms with Gasteiger partial charge in [0.1, 0.15) is 0 Å². The van der Waals surface area contributed by atoms with Crippen LogP contribution < -0.4 is 0 Å². The lowest BCUT2D eigenvalue weighted by Crippen LogP contribution is -1.95.